The van der Waals surface area contributed by atoms with Gasteiger partial charge in [0.15, 0.2) is 4.96 Å². The Bertz CT molecular complexity index is 717. The van der Waals surface area contributed by atoms with E-state index in [1.807, 2.05) is 16.0 Å². The molecule has 0 fully saturated rings. The fourth-order valence-corrected chi connectivity index (χ4v) is 3.19. The monoisotopic (exact) mass is 332 g/mol. The van der Waals surface area contributed by atoms with Gasteiger partial charge in [0.2, 0.25) is 5.88 Å². The number of alkyl halides is 1. The number of nitrogens with zero attached hydrogens (tertiary/aromatic N) is 2. The second-order valence-electron chi connectivity index (χ2n) is 3.76. The Labute approximate surface area is 128 Å². The fourth-order valence-electron chi connectivity index (χ4n) is 1.72. The van der Waals surface area contributed by atoms with Crippen molar-refractivity contribution in [2.24, 2.45) is 0 Å². The van der Waals surface area contributed by atoms with Crippen molar-refractivity contribution in [2.75, 3.05) is 0 Å². The first-order valence-corrected chi connectivity index (χ1v) is 7.48. The van der Waals surface area contributed by atoms with E-state index in [1.165, 1.54) is 11.3 Å². The van der Waals surface area contributed by atoms with E-state index >= 15 is 0 Å². The molecular weight excluding hydrogens is 327 g/mol. The molecule has 0 atom stereocenters. The molecule has 0 N–H and O–H groups in total. The molecule has 19 heavy (non-hydrogen) atoms. The Kier molecular flexibility index (Phi) is 3.58. The Balaban J connectivity index is 2.02. The van der Waals surface area contributed by atoms with Gasteiger partial charge in [-0.3, -0.25) is 4.40 Å². The van der Waals surface area contributed by atoms with Crippen LogP contribution in [0.5, 0.6) is 11.6 Å². The van der Waals surface area contributed by atoms with Crippen LogP contribution < -0.4 is 4.74 Å². The van der Waals surface area contributed by atoms with Crippen molar-refractivity contribution < 1.29 is 4.74 Å². The maximum Gasteiger partial charge on any atom is 0.243 e. The van der Waals surface area contributed by atoms with Crippen LogP contribution in [0.1, 0.15) is 5.69 Å². The van der Waals surface area contributed by atoms with Gasteiger partial charge >= 0.3 is 0 Å². The van der Waals surface area contributed by atoms with Crippen molar-refractivity contribution in [3.8, 4) is 11.6 Å². The number of ether oxygens (including phenoxy) is 1. The van der Waals surface area contributed by atoms with Crippen molar-refractivity contribution in [1.82, 2.24) is 9.38 Å². The highest BCUT2D eigenvalue weighted by molar-refractivity contribution is 7.15. The van der Waals surface area contributed by atoms with Crippen LogP contribution in [0.15, 0.2) is 29.8 Å². The molecular formula is C12H7Cl3N2OS. The van der Waals surface area contributed by atoms with E-state index in [-0.39, 0.29) is 0 Å². The van der Waals surface area contributed by atoms with E-state index in [2.05, 4.69) is 4.98 Å². The maximum atomic E-state index is 5.95. The van der Waals surface area contributed by atoms with E-state index in [4.69, 9.17) is 39.5 Å². The van der Waals surface area contributed by atoms with Crippen molar-refractivity contribution in [2.45, 2.75) is 5.88 Å². The number of imidazole rings is 1. The SMILES string of the molecule is ClCc1c(Oc2cc(Cl)cc(Cl)c2)nc2sccn12. The van der Waals surface area contributed by atoms with Crippen LogP contribution in [0.25, 0.3) is 4.96 Å². The number of benzene rings is 1. The van der Waals surface area contributed by atoms with Crippen molar-refractivity contribution in [3.05, 3.63) is 45.5 Å². The summed E-state index contributed by atoms with van der Waals surface area (Å²) in [5, 5.41) is 2.96. The van der Waals surface area contributed by atoms with Gasteiger partial charge in [-0.15, -0.1) is 22.9 Å². The molecule has 7 heteroatoms. The predicted molar refractivity (Wildman–Crippen MR) is 79.2 cm³/mol. The number of hydrogen-bond donors (Lipinski definition) is 0. The lowest BCUT2D eigenvalue weighted by Crippen LogP contribution is -1.91. The lowest BCUT2D eigenvalue weighted by molar-refractivity contribution is 0.461. The van der Waals surface area contributed by atoms with Gasteiger partial charge in [0.1, 0.15) is 11.4 Å². The number of aromatic nitrogens is 2. The Morgan fingerprint density at radius 3 is 2.63 bits per heavy atom. The first-order valence-electron chi connectivity index (χ1n) is 5.31. The molecule has 98 valence electrons. The van der Waals surface area contributed by atoms with Gasteiger partial charge < -0.3 is 4.74 Å². The van der Waals surface area contributed by atoms with Crippen LogP contribution in [0.2, 0.25) is 10.0 Å². The first kappa shape index (κ1) is 13.1. The molecule has 3 nitrogen and oxygen atoms in total. The van der Waals surface area contributed by atoms with Gasteiger partial charge in [0, 0.05) is 21.6 Å². The number of fused-ring (bicyclic) bond motifs is 1. The minimum atomic E-state index is 0.307. The Hall–Kier alpha value is -0.940. The molecule has 0 aliphatic carbocycles. The van der Waals surface area contributed by atoms with Crippen molar-refractivity contribution in [1.29, 1.82) is 0 Å². The van der Waals surface area contributed by atoms with Gasteiger partial charge in [-0.25, -0.2) is 0 Å². The topological polar surface area (TPSA) is 26.5 Å². The molecule has 2 heterocycles. The molecule has 0 aliphatic rings. The summed E-state index contributed by atoms with van der Waals surface area (Å²) in [5.41, 5.74) is 0.800. The maximum absolute atomic E-state index is 5.95. The van der Waals surface area contributed by atoms with E-state index < -0.39 is 0 Å². The zero-order valence-corrected chi connectivity index (χ0v) is 12.5. The molecule has 0 radical (unpaired) electrons. The summed E-state index contributed by atoms with van der Waals surface area (Å²) in [7, 11) is 0. The average molecular weight is 334 g/mol. The summed E-state index contributed by atoms with van der Waals surface area (Å²) in [5.74, 6) is 1.32. The summed E-state index contributed by atoms with van der Waals surface area (Å²) in [4.78, 5) is 5.22. The molecule has 0 saturated heterocycles. The lowest BCUT2D eigenvalue weighted by atomic mass is 10.3. The van der Waals surface area contributed by atoms with Crippen LogP contribution in [0.4, 0.5) is 0 Å². The standard InChI is InChI=1S/C12H7Cl3N2OS/c13-6-10-11(16-12-17(10)1-2-19-12)18-9-4-7(14)3-8(15)5-9/h1-5H,6H2. The van der Waals surface area contributed by atoms with E-state index in [9.17, 15) is 0 Å². The predicted octanol–water partition coefficient (Wildman–Crippen LogP) is 5.23. The van der Waals surface area contributed by atoms with Gasteiger partial charge in [0.25, 0.3) is 0 Å². The molecule has 0 aliphatic heterocycles. The molecule has 0 saturated carbocycles. The van der Waals surface area contributed by atoms with Gasteiger partial charge in [-0.1, -0.05) is 23.2 Å². The van der Waals surface area contributed by atoms with E-state index in [0.29, 0.717) is 27.6 Å². The summed E-state index contributed by atoms with van der Waals surface area (Å²) in [6.07, 6.45) is 1.91. The number of rotatable bonds is 3. The Morgan fingerprint density at radius 2 is 1.95 bits per heavy atom. The van der Waals surface area contributed by atoms with Crippen LogP contribution >= 0.6 is 46.1 Å². The zero-order chi connectivity index (χ0) is 13.4. The summed E-state index contributed by atoms with van der Waals surface area (Å²) in [6, 6.07) is 5.00. The third-order valence-electron chi connectivity index (χ3n) is 2.50. The molecule has 1 aromatic carbocycles. The number of thiazole rings is 1. The van der Waals surface area contributed by atoms with Gasteiger partial charge in [0.05, 0.1) is 5.88 Å². The average Bonchev–Trinajstić information content (AvgIpc) is 2.87. The largest absolute Gasteiger partial charge is 0.437 e. The normalized spacial score (nSPS) is 11.1. The first-order chi connectivity index (χ1) is 9.17. The fraction of sp³-hybridized carbons (Fsp3) is 0.0833. The molecule has 2 aromatic heterocycles. The van der Waals surface area contributed by atoms with Crippen LogP contribution in [-0.2, 0) is 5.88 Å². The molecule has 3 aromatic rings. The highest BCUT2D eigenvalue weighted by Gasteiger charge is 2.14. The molecule has 0 bridgehead atoms. The van der Waals surface area contributed by atoms with Crippen LogP contribution in [0.3, 0.4) is 0 Å². The smallest absolute Gasteiger partial charge is 0.243 e. The Morgan fingerprint density at radius 1 is 1.21 bits per heavy atom. The highest BCUT2D eigenvalue weighted by atomic mass is 35.5. The van der Waals surface area contributed by atoms with Gasteiger partial charge in [-0.2, -0.15) is 4.98 Å². The zero-order valence-electron chi connectivity index (χ0n) is 9.44. The molecule has 3 rings (SSSR count). The second kappa shape index (κ2) is 5.21. The highest BCUT2D eigenvalue weighted by Crippen LogP contribution is 2.31. The summed E-state index contributed by atoms with van der Waals surface area (Å²) in [6.45, 7) is 0. The second-order valence-corrected chi connectivity index (χ2v) is 5.77. The van der Waals surface area contributed by atoms with Gasteiger partial charge in [-0.05, 0) is 18.2 Å². The minimum Gasteiger partial charge on any atom is -0.437 e. The third-order valence-corrected chi connectivity index (χ3v) is 3.95. The van der Waals surface area contributed by atoms with Crippen molar-refractivity contribution >= 4 is 51.1 Å². The van der Waals surface area contributed by atoms with E-state index in [0.717, 1.165) is 10.7 Å². The molecule has 0 spiro atoms. The number of hydrogen-bond acceptors (Lipinski definition) is 3. The van der Waals surface area contributed by atoms with Crippen LogP contribution in [0, 0.1) is 0 Å². The third kappa shape index (κ3) is 2.54. The quantitative estimate of drug-likeness (QED) is 0.613. The molecule has 0 amide bonds. The van der Waals surface area contributed by atoms with Crippen LogP contribution in [-0.4, -0.2) is 9.38 Å². The van der Waals surface area contributed by atoms with E-state index in [1.54, 1.807) is 18.2 Å². The minimum absolute atomic E-state index is 0.307. The van der Waals surface area contributed by atoms with Crippen molar-refractivity contribution in [3.63, 3.8) is 0 Å². The summed E-state index contributed by atoms with van der Waals surface area (Å²) < 4.78 is 7.63. The summed E-state index contributed by atoms with van der Waals surface area (Å²) >= 11 is 19.3. The lowest BCUT2D eigenvalue weighted by Gasteiger charge is -2.05. The number of halogens is 3. The molecule has 0 unspecified atom stereocenters.